The highest BCUT2D eigenvalue weighted by Crippen LogP contribution is 2.38. The Morgan fingerprint density at radius 2 is 1.76 bits per heavy atom. The van der Waals surface area contributed by atoms with E-state index < -0.39 is 5.91 Å². The first-order valence-electron chi connectivity index (χ1n) is 11.6. The first-order chi connectivity index (χ1) is 17.9. The second-order valence-electron chi connectivity index (χ2n) is 8.24. The number of rotatable bonds is 8. The van der Waals surface area contributed by atoms with E-state index in [-0.39, 0.29) is 5.57 Å². The maximum atomic E-state index is 12.7. The summed E-state index contributed by atoms with van der Waals surface area (Å²) in [6.07, 6.45) is 1.44. The quantitative estimate of drug-likeness (QED) is 0.185. The van der Waals surface area contributed by atoms with Crippen molar-refractivity contribution in [1.29, 1.82) is 5.26 Å². The van der Waals surface area contributed by atoms with Crippen molar-refractivity contribution in [3.8, 4) is 17.6 Å². The summed E-state index contributed by atoms with van der Waals surface area (Å²) < 4.78 is 12.0. The molecule has 0 radical (unpaired) electrons. The van der Waals surface area contributed by atoms with Gasteiger partial charge in [0.2, 0.25) is 0 Å². The number of fused-ring (bicyclic) bond motifs is 1. The summed E-state index contributed by atoms with van der Waals surface area (Å²) in [6.45, 7) is 4.57. The lowest BCUT2D eigenvalue weighted by Crippen LogP contribution is -2.13. The lowest BCUT2D eigenvalue weighted by molar-refractivity contribution is -0.112. The first-order valence-corrected chi connectivity index (χ1v) is 12.4. The number of nitrogens with one attached hydrogen (secondary N) is 1. The third kappa shape index (κ3) is 6.06. The molecule has 5 nitrogen and oxygen atoms in total. The van der Waals surface area contributed by atoms with Crippen LogP contribution in [0.1, 0.15) is 23.6 Å². The van der Waals surface area contributed by atoms with Gasteiger partial charge in [0.15, 0.2) is 11.5 Å². The number of carbonyl (C=O) groups is 1. The minimum absolute atomic E-state index is 0.113. The fraction of sp³-hybridized carbons (Fsp3) is 0.133. The molecular weight excluding hydrogens is 507 g/mol. The van der Waals surface area contributed by atoms with E-state index in [1.165, 1.54) is 6.08 Å². The van der Waals surface area contributed by atoms with E-state index in [2.05, 4.69) is 29.6 Å². The molecule has 0 fully saturated rings. The first kappa shape index (κ1) is 26.1. The van der Waals surface area contributed by atoms with Crippen LogP contribution >= 0.6 is 23.2 Å². The van der Waals surface area contributed by atoms with Gasteiger partial charge in [-0.05, 0) is 66.1 Å². The van der Waals surface area contributed by atoms with Crippen molar-refractivity contribution >= 4 is 51.6 Å². The molecule has 0 aliphatic heterocycles. The van der Waals surface area contributed by atoms with E-state index in [1.54, 1.807) is 36.4 Å². The highest BCUT2D eigenvalue weighted by Gasteiger charge is 2.16. The Morgan fingerprint density at radius 3 is 2.51 bits per heavy atom. The van der Waals surface area contributed by atoms with Crippen LogP contribution in [0.3, 0.4) is 0 Å². The molecule has 0 heterocycles. The zero-order valence-electron chi connectivity index (χ0n) is 20.3. The smallest absolute Gasteiger partial charge is 0.266 e. The fourth-order valence-electron chi connectivity index (χ4n) is 3.92. The molecule has 1 N–H and O–H groups in total. The average molecular weight is 531 g/mol. The molecule has 0 saturated heterocycles. The minimum Gasteiger partial charge on any atom is -0.490 e. The predicted molar refractivity (Wildman–Crippen MR) is 149 cm³/mol. The predicted octanol–water partition coefficient (Wildman–Crippen LogP) is 7.98. The molecule has 0 saturated carbocycles. The van der Waals surface area contributed by atoms with Crippen LogP contribution < -0.4 is 14.8 Å². The van der Waals surface area contributed by atoms with Crippen LogP contribution in [0.25, 0.3) is 16.8 Å². The van der Waals surface area contributed by atoms with E-state index in [1.807, 2.05) is 32.0 Å². The number of ether oxygens (including phenoxy) is 2. The molecule has 4 aromatic rings. The number of nitrogens with zero attached hydrogens (tertiary/aromatic N) is 1. The SMILES string of the molecule is CCOc1cc(/C=C(\C#N)C(=O)Nc2ccccc2Cl)cc(Cl)c1OCc1c(C)ccc2ccccc12. The summed E-state index contributed by atoms with van der Waals surface area (Å²) in [5.41, 5.74) is 2.99. The second-order valence-corrected chi connectivity index (χ2v) is 9.05. The summed E-state index contributed by atoms with van der Waals surface area (Å²) in [5.74, 6) is 0.228. The molecule has 0 aliphatic carbocycles. The Hall–Kier alpha value is -3.98. The normalized spacial score (nSPS) is 11.2. The van der Waals surface area contributed by atoms with Gasteiger partial charge in [0, 0.05) is 5.56 Å². The number of aryl methyl sites for hydroxylation is 1. The fourth-order valence-corrected chi connectivity index (χ4v) is 4.38. The van der Waals surface area contributed by atoms with Crippen LogP contribution in [0.15, 0.2) is 78.4 Å². The highest BCUT2D eigenvalue weighted by molar-refractivity contribution is 6.34. The van der Waals surface area contributed by atoms with Gasteiger partial charge in [-0.25, -0.2) is 0 Å². The van der Waals surface area contributed by atoms with Crippen molar-refractivity contribution in [3.63, 3.8) is 0 Å². The Kier molecular flexibility index (Phi) is 8.35. The largest absolute Gasteiger partial charge is 0.490 e. The van der Waals surface area contributed by atoms with E-state index in [0.29, 0.717) is 46.0 Å². The summed E-state index contributed by atoms with van der Waals surface area (Å²) in [6, 6.07) is 24.3. The maximum Gasteiger partial charge on any atom is 0.266 e. The van der Waals surface area contributed by atoms with Gasteiger partial charge in [-0.1, -0.05) is 71.7 Å². The van der Waals surface area contributed by atoms with Gasteiger partial charge in [-0.2, -0.15) is 5.26 Å². The van der Waals surface area contributed by atoms with Gasteiger partial charge < -0.3 is 14.8 Å². The molecule has 0 spiro atoms. The third-order valence-corrected chi connectivity index (χ3v) is 6.38. The number of para-hydroxylation sites is 1. The van der Waals surface area contributed by atoms with Crippen molar-refractivity contribution in [3.05, 3.63) is 105 Å². The number of nitriles is 1. The molecule has 186 valence electrons. The Labute approximate surface area is 225 Å². The number of benzene rings is 4. The minimum atomic E-state index is -0.587. The monoisotopic (exact) mass is 530 g/mol. The number of amides is 1. The van der Waals surface area contributed by atoms with Crippen molar-refractivity contribution in [2.45, 2.75) is 20.5 Å². The van der Waals surface area contributed by atoms with Crippen molar-refractivity contribution < 1.29 is 14.3 Å². The van der Waals surface area contributed by atoms with Gasteiger partial charge in [-0.15, -0.1) is 0 Å². The van der Waals surface area contributed by atoms with Crippen molar-refractivity contribution in [1.82, 2.24) is 0 Å². The Bertz CT molecular complexity index is 1540. The standard InChI is InChI=1S/C30H24Cl2N2O3/c1-3-36-28-16-20(14-22(17-33)30(35)34-27-11-7-6-10-25(27)31)15-26(32)29(28)37-18-24-19(2)12-13-21-8-4-5-9-23(21)24/h4-16H,3,18H2,1-2H3,(H,34,35)/b22-14+. The number of hydrogen-bond acceptors (Lipinski definition) is 4. The number of anilines is 1. The van der Waals surface area contributed by atoms with Gasteiger partial charge in [0.25, 0.3) is 5.91 Å². The van der Waals surface area contributed by atoms with E-state index >= 15 is 0 Å². The maximum absolute atomic E-state index is 12.7. The molecule has 1 amide bonds. The average Bonchev–Trinajstić information content (AvgIpc) is 2.89. The summed E-state index contributed by atoms with van der Waals surface area (Å²) in [5, 5.41) is 15.2. The summed E-state index contributed by atoms with van der Waals surface area (Å²) in [4.78, 5) is 12.7. The molecule has 7 heteroatoms. The number of halogens is 2. The van der Waals surface area contributed by atoms with Crippen LogP contribution in [0.4, 0.5) is 5.69 Å². The van der Waals surface area contributed by atoms with Crippen LogP contribution in [-0.2, 0) is 11.4 Å². The molecular formula is C30H24Cl2N2O3. The summed E-state index contributed by atoms with van der Waals surface area (Å²) >= 11 is 12.7. The molecule has 0 bridgehead atoms. The van der Waals surface area contributed by atoms with Gasteiger partial charge in [0.05, 0.1) is 22.3 Å². The molecule has 0 unspecified atom stereocenters. The van der Waals surface area contributed by atoms with Crippen LogP contribution in [0, 0.1) is 18.3 Å². The topological polar surface area (TPSA) is 71.3 Å². The molecule has 4 aromatic carbocycles. The van der Waals surface area contributed by atoms with E-state index in [4.69, 9.17) is 32.7 Å². The lowest BCUT2D eigenvalue weighted by Gasteiger charge is -2.17. The zero-order chi connectivity index (χ0) is 26.4. The lowest BCUT2D eigenvalue weighted by atomic mass is 10.0. The third-order valence-electron chi connectivity index (χ3n) is 5.77. The van der Waals surface area contributed by atoms with Gasteiger partial charge in [-0.3, -0.25) is 4.79 Å². The second kappa shape index (κ2) is 11.8. The molecule has 37 heavy (non-hydrogen) atoms. The van der Waals surface area contributed by atoms with Crippen molar-refractivity contribution in [2.24, 2.45) is 0 Å². The van der Waals surface area contributed by atoms with Crippen LogP contribution in [0.5, 0.6) is 11.5 Å². The number of hydrogen-bond donors (Lipinski definition) is 1. The van der Waals surface area contributed by atoms with Crippen LogP contribution in [-0.4, -0.2) is 12.5 Å². The Morgan fingerprint density at radius 1 is 1.00 bits per heavy atom. The molecule has 0 aliphatic rings. The zero-order valence-corrected chi connectivity index (χ0v) is 21.9. The highest BCUT2D eigenvalue weighted by atomic mass is 35.5. The molecule has 0 aromatic heterocycles. The van der Waals surface area contributed by atoms with E-state index in [0.717, 1.165) is 21.9 Å². The Balaban J connectivity index is 1.62. The molecule has 0 atom stereocenters. The van der Waals surface area contributed by atoms with Crippen molar-refractivity contribution in [2.75, 3.05) is 11.9 Å². The van der Waals surface area contributed by atoms with Gasteiger partial charge >= 0.3 is 0 Å². The van der Waals surface area contributed by atoms with Gasteiger partial charge in [0.1, 0.15) is 18.2 Å². The number of carbonyl (C=O) groups excluding carboxylic acids is 1. The summed E-state index contributed by atoms with van der Waals surface area (Å²) in [7, 11) is 0. The molecule has 4 rings (SSSR count). The van der Waals surface area contributed by atoms with E-state index in [9.17, 15) is 10.1 Å². The van der Waals surface area contributed by atoms with Crippen LogP contribution in [0.2, 0.25) is 10.0 Å².